The highest BCUT2D eigenvalue weighted by Gasteiger charge is 2.04. The Morgan fingerprint density at radius 2 is 2.33 bits per heavy atom. The zero-order valence-corrected chi connectivity index (χ0v) is 8.82. The molecule has 0 radical (unpaired) electrons. The van der Waals surface area contributed by atoms with Crippen LogP contribution in [0.15, 0.2) is 18.2 Å². The number of nitrogens with zero attached hydrogens (tertiary/aromatic N) is 3. The van der Waals surface area contributed by atoms with Gasteiger partial charge in [0, 0.05) is 10.1 Å². The van der Waals surface area contributed by atoms with Gasteiger partial charge in [0.05, 0.1) is 0 Å². The van der Waals surface area contributed by atoms with Crippen molar-refractivity contribution in [3.05, 3.63) is 21.8 Å². The van der Waals surface area contributed by atoms with Crippen LogP contribution in [0.4, 0.5) is 0 Å². The Morgan fingerprint density at radius 1 is 1.50 bits per heavy atom. The van der Waals surface area contributed by atoms with E-state index in [4.69, 9.17) is 0 Å². The van der Waals surface area contributed by atoms with E-state index in [2.05, 4.69) is 45.9 Å². The molecule has 0 amide bonds. The molecule has 2 aromatic rings. The average Bonchev–Trinajstić information content (AvgIpc) is 2.49. The van der Waals surface area contributed by atoms with Gasteiger partial charge < -0.3 is 0 Å². The summed E-state index contributed by atoms with van der Waals surface area (Å²) in [5, 5.41) is 8.09. The molecule has 62 valence electrons. The zero-order chi connectivity index (χ0) is 8.55. The molecule has 0 atom stereocenters. The van der Waals surface area contributed by atoms with Gasteiger partial charge in [-0.1, -0.05) is 11.3 Å². The number of fused-ring (bicyclic) bond motifs is 1. The highest BCUT2D eigenvalue weighted by atomic mass is 127. The van der Waals surface area contributed by atoms with Crippen molar-refractivity contribution in [1.82, 2.24) is 15.0 Å². The largest absolute Gasteiger partial charge is 0.244 e. The highest BCUT2D eigenvalue weighted by molar-refractivity contribution is 14.1. The molecule has 0 spiro atoms. The lowest BCUT2D eigenvalue weighted by Gasteiger charge is -1.97. The Morgan fingerprint density at radius 3 is 3.08 bits per heavy atom. The maximum atomic E-state index is 4.06. The van der Waals surface area contributed by atoms with Crippen LogP contribution >= 0.6 is 22.6 Å². The fourth-order valence-electron chi connectivity index (χ4n) is 1.21. The first-order valence-electron chi connectivity index (χ1n) is 3.80. The minimum atomic E-state index is 0.872. The number of aryl methyl sites for hydroxylation is 1. The summed E-state index contributed by atoms with van der Waals surface area (Å²) in [5.74, 6) is 0. The SMILES string of the molecule is CCn1nnc2cccc(I)c21. The molecule has 0 aliphatic heterocycles. The summed E-state index contributed by atoms with van der Waals surface area (Å²) < 4.78 is 3.12. The standard InChI is InChI=1S/C8H8IN3/c1-2-12-8-6(9)4-3-5-7(8)10-11-12/h3-5H,2H2,1H3. The van der Waals surface area contributed by atoms with Gasteiger partial charge in [-0.25, -0.2) is 4.68 Å². The molecule has 12 heavy (non-hydrogen) atoms. The third-order valence-corrected chi connectivity index (χ3v) is 2.65. The van der Waals surface area contributed by atoms with Gasteiger partial charge >= 0.3 is 0 Å². The van der Waals surface area contributed by atoms with Gasteiger partial charge in [0.15, 0.2) is 0 Å². The molecule has 1 heterocycles. The Hall–Kier alpha value is -0.650. The number of hydrogen-bond acceptors (Lipinski definition) is 2. The molecule has 1 aromatic carbocycles. The van der Waals surface area contributed by atoms with Crippen LogP contribution in [0.25, 0.3) is 11.0 Å². The molecule has 2 rings (SSSR count). The Labute approximate surface area is 83.9 Å². The maximum absolute atomic E-state index is 4.06. The van der Waals surface area contributed by atoms with Crippen LogP contribution in [0.5, 0.6) is 0 Å². The quantitative estimate of drug-likeness (QED) is 0.744. The molecule has 0 saturated heterocycles. The predicted octanol–water partition coefficient (Wildman–Crippen LogP) is 2.06. The molecular formula is C8H8IN3. The Balaban J connectivity index is 2.83. The Kier molecular flexibility index (Phi) is 2.00. The number of rotatable bonds is 1. The van der Waals surface area contributed by atoms with Gasteiger partial charge in [0.2, 0.25) is 0 Å². The van der Waals surface area contributed by atoms with Crippen LogP contribution in [0, 0.1) is 3.57 Å². The summed E-state index contributed by atoms with van der Waals surface area (Å²) in [6.45, 7) is 2.94. The molecule has 3 nitrogen and oxygen atoms in total. The van der Waals surface area contributed by atoms with E-state index < -0.39 is 0 Å². The van der Waals surface area contributed by atoms with E-state index in [-0.39, 0.29) is 0 Å². The maximum Gasteiger partial charge on any atom is 0.114 e. The second-order valence-corrected chi connectivity index (χ2v) is 3.67. The lowest BCUT2D eigenvalue weighted by Crippen LogP contribution is -1.96. The van der Waals surface area contributed by atoms with Gasteiger partial charge in [0.1, 0.15) is 11.0 Å². The van der Waals surface area contributed by atoms with Crippen molar-refractivity contribution in [3.8, 4) is 0 Å². The molecule has 0 aliphatic rings. The number of hydrogen-bond donors (Lipinski definition) is 0. The van der Waals surface area contributed by atoms with Crippen LogP contribution in [-0.2, 0) is 6.54 Å². The summed E-state index contributed by atoms with van der Waals surface area (Å²) in [6.07, 6.45) is 0. The predicted molar refractivity (Wildman–Crippen MR) is 55.9 cm³/mol. The Bertz CT molecular complexity index is 408. The fraction of sp³-hybridized carbons (Fsp3) is 0.250. The normalized spacial score (nSPS) is 10.8. The van der Waals surface area contributed by atoms with Crippen molar-refractivity contribution in [3.63, 3.8) is 0 Å². The topological polar surface area (TPSA) is 30.7 Å². The van der Waals surface area contributed by atoms with Gasteiger partial charge in [-0.3, -0.25) is 0 Å². The average molecular weight is 273 g/mol. The summed E-state index contributed by atoms with van der Waals surface area (Å²) in [5.41, 5.74) is 2.12. The number of benzene rings is 1. The molecule has 0 saturated carbocycles. The van der Waals surface area contributed by atoms with Crippen LogP contribution in [0.3, 0.4) is 0 Å². The molecule has 0 bridgehead atoms. The lowest BCUT2D eigenvalue weighted by atomic mass is 10.3. The molecule has 0 fully saturated rings. The summed E-state index contributed by atoms with van der Waals surface area (Å²) in [6, 6.07) is 6.05. The summed E-state index contributed by atoms with van der Waals surface area (Å²) in [7, 11) is 0. The van der Waals surface area contributed by atoms with Crippen molar-refractivity contribution in [1.29, 1.82) is 0 Å². The zero-order valence-electron chi connectivity index (χ0n) is 6.66. The first kappa shape index (κ1) is 7.97. The van der Waals surface area contributed by atoms with Crippen LogP contribution < -0.4 is 0 Å². The van der Waals surface area contributed by atoms with E-state index in [1.807, 2.05) is 16.8 Å². The lowest BCUT2D eigenvalue weighted by molar-refractivity contribution is 0.645. The van der Waals surface area contributed by atoms with E-state index in [0.717, 1.165) is 17.6 Å². The number of para-hydroxylation sites is 1. The van der Waals surface area contributed by atoms with Gasteiger partial charge in [0.25, 0.3) is 0 Å². The van der Waals surface area contributed by atoms with E-state index in [0.29, 0.717) is 0 Å². The van der Waals surface area contributed by atoms with Crippen LogP contribution in [0.1, 0.15) is 6.92 Å². The molecule has 0 unspecified atom stereocenters. The monoisotopic (exact) mass is 273 g/mol. The smallest absolute Gasteiger partial charge is 0.114 e. The summed E-state index contributed by atoms with van der Waals surface area (Å²) >= 11 is 2.30. The third kappa shape index (κ3) is 1.10. The molecule has 0 aliphatic carbocycles. The van der Waals surface area contributed by atoms with Gasteiger partial charge in [-0.2, -0.15) is 0 Å². The van der Waals surface area contributed by atoms with Gasteiger partial charge in [-0.15, -0.1) is 5.10 Å². The minimum absolute atomic E-state index is 0.872. The van der Waals surface area contributed by atoms with Crippen molar-refractivity contribution in [2.75, 3.05) is 0 Å². The molecule has 0 N–H and O–H groups in total. The minimum Gasteiger partial charge on any atom is -0.244 e. The number of aromatic nitrogens is 3. The highest BCUT2D eigenvalue weighted by Crippen LogP contribution is 2.17. The van der Waals surface area contributed by atoms with Crippen LogP contribution in [0.2, 0.25) is 0 Å². The van der Waals surface area contributed by atoms with Crippen molar-refractivity contribution >= 4 is 33.6 Å². The van der Waals surface area contributed by atoms with Crippen molar-refractivity contribution in [2.24, 2.45) is 0 Å². The van der Waals surface area contributed by atoms with E-state index >= 15 is 0 Å². The molecule has 4 heteroatoms. The fourth-order valence-corrected chi connectivity index (χ4v) is 1.97. The molecule has 1 aromatic heterocycles. The van der Waals surface area contributed by atoms with E-state index in [9.17, 15) is 0 Å². The van der Waals surface area contributed by atoms with Crippen molar-refractivity contribution < 1.29 is 0 Å². The van der Waals surface area contributed by atoms with E-state index in [1.54, 1.807) is 0 Å². The van der Waals surface area contributed by atoms with Crippen LogP contribution in [-0.4, -0.2) is 15.0 Å². The van der Waals surface area contributed by atoms with Crippen molar-refractivity contribution in [2.45, 2.75) is 13.5 Å². The first-order valence-corrected chi connectivity index (χ1v) is 4.88. The second-order valence-electron chi connectivity index (χ2n) is 2.51. The molecular weight excluding hydrogens is 265 g/mol. The summed E-state index contributed by atoms with van der Waals surface area (Å²) in [4.78, 5) is 0. The second kappa shape index (κ2) is 3.01. The third-order valence-electron chi connectivity index (χ3n) is 1.78. The first-order chi connectivity index (χ1) is 5.83. The number of halogens is 1. The van der Waals surface area contributed by atoms with Gasteiger partial charge in [-0.05, 0) is 41.6 Å². The van der Waals surface area contributed by atoms with E-state index in [1.165, 1.54) is 3.57 Å².